The van der Waals surface area contributed by atoms with Crippen molar-refractivity contribution >= 4 is 22.9 Å². The number of furan rings is 1. The summed E-state index contributed by atoms with van der Waals surface area (Å²) in [5.74, 6) is -1.16. The molecule has 2 aromatic carbocycles. The van der Waals surface area contributed by atoms with E-state index in [1.54, 1.807) is 44.2 Å². The number of nitrogens with one attached hydrogen (secondary N) is 2. The molecule has 0 spiro atoms. The predicted octanol–water partition coefficient (Wildman–Crippen LogP) is 5.04. The third-order valence-corrected chi connectivity index (χ3v) is 5.67. The van der Waals surface area contributed by atoms with E-state index in [4.69, 9.17) is 9.15 Å². The average Bonchev–Trinajstić information content (AvgIpc) is 3.29. The molecule has 2 heterocycles. The first kappa shape index (κ1) is 26.3. The molecule has 10 heteroatoms. The standard InChI is InChI=1S/C28H24F2N4O4/c1-28(2,15-31)34-24(35)18-6-4-5-17(13-18)20-14-21-22(25(36)32-3)23(16-7-9-19(30)10-8-16)38-27(21)33-26(20)37-12-11-29/h4-10,13-14H,11-12H2,1-3H3,(H,32,36)(H,34,35). The van der Waals surface area contributed by atoms with Gasteiger partial charge in [-0.05, 0) is 61.9 Å². The molecular formula is C28H24F2N4O4. The zero-order valence-corrected chi connectivity index (χ0v) is 20.9. The SMILES string of the molecule is CNC(=O)c1c(-c2ccc(F)cc2)oc2nc(OCCF)c(-c3cccc(C(=O)NC(C)(C)C#N)c3)cc12. The van der Waals surface area contributed by atoms with Crippen LogP contribution < -0.4 is 15.4 Å². The van der Waals surface area contributed by atoms with Crippen LogP contribution in [0.1, 0.15) is 34.6 Å². The molecule has 4 rings (SSSR count). The normalized spacial score (nSPS) is 11.2. The van der Waals surface area contributed by atoms with Gasteiger partial charge < -0.3 is 19.8 Å². The minimum absolute atomic E-state index is 0.0351. The zero-order chi connectivity index (χ0) is 27.4. The van der Waals surface area contributed by atoms with Crippen LogP contribution in [0.2, 0.25) is 0 Å². The molecule has 0 atom stereocenters. The summed E-state index contributed by atoms with van der Waals surface area (Å²) in [5.41, 5.74) is 0.760. The molecule has 2 aromatic heterocycles. The Bertz CT molecular complexity index is 1560. The number of aromatic nitrogens is 1. The lowest BCUT2D eigenvalue weighted by Crippen LogP contribution is -2.42. The fourth-order valence-corrected chi connectivity index (χ4v) is 3.83. The molecular weight excluding hydrogens is 494 g/mol. The van der Waals surface area contributed by atoms with Gasteiger partial charge in [0.2, 0.25) is 11.6 Å². The van der Waals surface area contributed by atoms with Gasteiger partial charge >= 0.3 is 0 Å². The second-order valence-electron chi connectivity index (χ2n) is 8.90. The summed E-state index contributed by atoms with van der Waals surface area (Å²) in [6, 6.07) is 15.6. The quantitative estimate of drug-likeness (QED) is 0.338. The second-order valence-corrected chi connectivity index (χ2v) is 8.90. The van der Waals surface area contributed by atoms with Gasteiger partial charge in [-0.2, -0.15) is 10.2 Å². The minimum atomic E-state index is -1.08. The van der Waals surface area contributed by atoms with Gasteiger partial charge in [-0.25, -0.2) is 8.78 Å². The van der Waals surface area contributed by atoms with Crippen molar-refractivity contribution in [2.45, 2.75) is 19.4 Å². The maximum absolute atomic E-state index is 13.5. The zero-order valence-electron chi connectivity index (χ0n) is 20.9. The number of pyridine rings is 1. The summed E-state index contributed by atoms with van der Waals surface area (Å²) in [7, 11) is 1.47. The van der Waals surface area contributed by atoms with Crippen LogP contribution in [0, 0.1) is 17.1 Å². The number of hydrogen-bond donors (Lipinski definition) is 2. The first-order valence-electron chi connectivity index (χ1n) is 11.7. The molecule has 0 fully saturated rings. The Labute approximate surface area is 217 Å². The van der Waals surface area contributed by atoms with Crippen molar-refractivity contribution < 1.29 is 27.5 Å². The van der Waals surface area contributed by atoms with E-state index in [0.29, 0.717) is 22.1 Å². The van der Waals surface area contributed by atoms with Crippen molar-refractivity contribution in [3.05, 3.63) is 71.5 Å². The topological polar surface area (TPSA) is 117 Å². The second kappa shape index (κ2) is 10.7. The van der Waals surface area contributed by atoms with Crippen molar-refractivity contribution in [1.82, 2.24) is 15.6 Å². The number of ether oxygens (including phenoxy) is 1. The van der Waals surface area contributed by atoms with Gasteiger partial charge in [-0.1, -0.05) is 12.1 Å². The molecule has 0 unspecified atom stereocenters. The van der Waals surface area contributed by atoms with Crippen LogP contribution >= 0.6 is 0 Å². The van der Waals surface area contributed by atoms with E-state index in [1.807, 2.05) is 6.07 Å². The van der Waals surface area contributed by atoms with Gasteiger partial charge in [0.15, 0.2) is 0 Å². The molecule has 4 aromatic rings. The Morgan fingerprint density at radius 3 is 2.50 bits per heavy atom. The number of hydrogen-bond acceptors (Lipinski definition) is 6. The van der Waals surface area contributed by atoms with Crippen LogP contribution in [0.15, 0.2) is 59.0 Å². The number of halogens is 2. The Morgan fingerprint density at radius 1 is 1.11 bits per heavy atom. The van der Waals surface area contributed by atoms with E-state index < -0.39 is 29.8 Å². The Balaban J connectivity index is 1.91. The lowest BCUT2D eigenvalue weighted by atomic mass is 10.00. The lowest BCUT2D eigenvalue weighted by Gasteiger charge is -2.18. The Hall–Kier alpha value is -4.78. The predicted molar refractivity (Wildman–Crippen MR) is 137 cm³/mol. The fourth-order valence-electron chi connectivity index (χ4n) is 3.83. The molecule has 2 amide bonds. The van der Waals surface area contributed by atoms with E-state index in [9.17, 15) is 23.6 Å². The van der Waals surface area contributed by atoms with Crippen LogP contribution in [0.25, 0.3) is 33.6 Å². The highest BCUT2D eigenvalue weighted by Crippen LogP contribution is 2.39. The van der Waals surface area contributed by atoms with Crippen LogP contribution in [0.4, 0.5) is 8.78 Å². The summed E-state index contributed by atoms with van der Waals surface area (Å²) in [6.07, 6.45) is 0. The number of carbonyl (C=O) groups excluding carboxylic acids is 2. The highest BCUT2D eigenvalue weighted by atomic mass is 19.1. The van der Waals surface area contributed by atoms with E-state index in [2.05, 4.69) is 15.6 Å². The number of nitriles is 1. The van der Waals surface area contributed by atoms with Gasteiger partial charge in [0.25, 0.3) is 11.8 Å². The number of benzene rings is 2. The lowest BCUT2D eigenvalue weighted by molar-refractivity contribution is 0.0927. The first-order chi connectivity index (χ1) is 18.2. The van der Waals surface area contributed by atoms with Crippen LogP contribution in [-0.4, -0.2) is 42.7 Å². The van der Waals surface area contributed by atoms with Crippen LogP contribution in [-0.2, 0) is 0 Å². The Kier molecular flexibility index (Phi) is 7.39. The number of nitrogens with zero attached hydrogens (tertiary/aromatic N) is 2. The van der Waals surface area contributed by atoms with Crippen molar-refractivity contribution in [3.8, 4) is 34.4 Å². The Morgan fingerprint density at radius 2 is 1.84 bits per heavy atom. The highest BCUT2D eigenvalue weighted by Gasteiger charge is 2.26. The molecule has 0 aliphatic heterocycles. The van der Waals surface area contributed by atoms with E-state index in [-0.39, 0.29) is 35.1 Å². The molecule has 0 saturated carbocycles. The highest BCUT2D eigenvalue weighted by molar-refractivity contribution is 6.11. The molecule has 194 valence electrons. The molecule has 0 aliphatic rings. The molecule has 0 radical (unpaired) electrons. The number of rotatable bonds is 8. The van der Waals surface area contributed by atoms with Gasteiger partial charge in [-0.3, -0.25) is 9.59 Å². The third kappa shape index (κ3) is 5.32. The van der Waals surface area contributed by atoms with Crippen molar-refractivity contribution in [2.75, 3.05) is 20.3 Å². The van der Waals surface area contributed by atoms with Crippen LogP contribution in [0.5, 0.6) is 5.88 Å². The summed E-state index contributed by atoms with van der Waals surface area (Å²) < 4.78 is 38.0. The van der Waals surface area contributed by atoms with E-state index in [1.165, 1.54) is 31.3 Å². The molecule has 8 nitrogen and oxygen atoms in total. The van der Waals surface area contributed by atoms with Crippen molar-refractivity contribution in [3.63, 3.8) is 0 Å². The fraction of sp³-hybridized carbons (Fsp3) is 0.214. The van der Waals surface area contributed by atoms with Crippen molar-refractivity contribution in [2.24, 2.45) is 0 Å². The third-order valence-electron chi connectivity index (χ3n) is 5.67. The molecule has 0 bridgehead atoms. The van der Waals surface area contributed by atoms with Crippen molar-refractivity contribution in [1.29, 1.82) is 5.26 Å². The summed E-state index contributed by atoms with van der Waals surface area (Å²) >= 11 is 0. The summed E-state index contributed by atoms with van der Waals surface area (Å²) in [6.45, 7) is 2.10. The summed E-state index contributed by atoms with van der Waals surface area (Å²) in [4.78, 5) is 30.1. The van der Waals surface area contributed by atoms with Gasteiger partial charge in [0.1, 0.15) is 30.4 Å². The number of amides is 2. The minimum Gasteiger partial charge on any atom is -0.474 e. The average molecular weight is 519 g/mol. The summed E-state index contributed by atoms with van der Waals surface area (Å²) in [5, 5.41) is 14.8. The van der Waals surface area contributed by atoms with Crippen LogP contribution in [0.3, 0.4) is 0 Å². The largest absolute Gasteiger partial charge is 0.474 e. The molecule has 2 N–H and O–H groups in total. The number of fused-ring (bicyclic) bond motifs is 1. The van der Waals surface area contributed by atoms with E-state index >= 15 is 0 Å². The van der Waals surface area contributed by atoms with Gasteiger partial charge in [0, 0.05) is 23.7 Å². The maximum Gasteiger partial charge on any atom is 0.255 e. The molecule has 38 heavy (non-hydrogen) atoms. The smallest absolute Gasteiger partial charge is 0.255 e. The number of alkyl halides is 1. The molecule has 0 aliphatic carbocycles. The monoisotopic (exact) mass is 518 g/mol. The van der Waals surface area contributed by atoms with E-state index in [0.717, 1.165) is 0 Å². The van der Waals surface area contributed by atoms with Gasteiger partial charge in [0.05, 0.1) is 17.0 Å². The molecule has 0 saturated heterocycles. The first-order valence-corrected chi connectivity index (χ1v) is 11.7. The number of carbonyl (C=O) groups is 2. The van der Waals surface area contributed by atoms with Gasteiger partial charge in [-0.15, -0.1) is 0 Å². The maximum atomic E-state index is 13.5.